The maximum atomic E-state index is 10.8. The Hall–Kier alpha value is -3.09. The Morgan fingerprint density at radius 2 is 1.76 bits per heavy atom. The number of thiazole rings is 1. The number of aromatic nitrogens is 1. The van der Waals surface area contributed by atoms with E-state index in [4.69, 9.17) is 14.8 Å². The molecular formula is C28H25NO3S2. The maximum Gasteiger partial charge on any atom is 0.341 e. The summed E-state index contributed by atoms with van der Waals surface area (Å²) in [6.45, 7) is -0.315. The molecule has 0 saturated carbocycles. The Bertz CT molecular complexity index is 1320. The lowest BCUT2D eigenvalue weighted by Gasteiger charge is -2.18. The average molecular weight is 488 g/mol. The van der Waals surface area contributed by atoms with Gasteiger partial charge in [0, 0.05) is 18.1 Å². The van der Waals surface area contributed by atoms with Gasteiger partial charge in [0.15, 0.2) is 10.9 Å². The highest BCUT2D eigenvalue weighted by atomic mass is 32.2. The van der Waals surface area contributed by atoms with Crippen LogP contribution in [0.15, 0.2) is 88.5 Å². The largest absolute Gasteiger partial charge is 0.486 e. The molecule has 0 spiro atoms. The first-order valence-corrected chi connectivity index (χ1v) is 13.2. The molecule has 0 atom stereocenters. The second-order valence-corrected chi connectivity index (χ2v) is 10.7. The molecule has 0 radical (unpaired) electrons. The first kappa shape index (κ1) is 22.7. The fourth-order valence-electron chi connectivity index (χ4n) is 4.40. The summed E-state index contributed by atoms with van der Waals surface area (Å²) in [7, 11) is 0. The molecule has 0 unspecified atom stereocenters. The van der Waals surface area contributed by atoms with Crippen LogP contribution in [0.4, 0.5) is 0 Å². The van der Waals surface area contributed by atoms with Crippen LogP contribution in [-0.2, 0) is 9.53 Å². The van der Waals surface area contributed by atoms with Crippen LogP contribution in [0.1, 0.15) is 36.3 Å². The van der Waals surface area contributed by atoms with Crippen molar-refractivity contribution >= 4 is 40.7 Å². The molecule has 1 N–H and O–H groups in total. The molecule has 0 saturated heterocycles. The minimum Gasteiger partial charge on any atom is -0.486 e. The number of carbonyl (C=O) groups is 1. The van der Waals surface area contributed by atoms with Crippen molar-refractivity contribution in [3.05, 3.63) is 105 Å². The van der Waals surface area contributed by atoms with Crippen molar-refractivity contribution in [3.8, 4) is 0 Å². The molecule has 0 fully saturated rings. The second-order valence-electron chi connectivity index (χ2n) is 8.29. The highest BCUT2D eigenvalue weighted by molar-refractivity contribution is 8.00. The monoisotopic (exact) mass is 487 g/mol. The Labute approximate surface area is 207 Å². The first-order valence-electron chi connectivity index (χ1n) is 11.4. The van der Waals surface area contributed by atoms with E-state index in [-0.39, 0.29) is 6.61 Å². The summed E-state index contributed by atoms with van der Waals surface area (Å²) < 4.78 is 7.67. The average Bonchev–Trinajstić information content (AvgIpc) is 3.41. The number of aliphatic carboxylic acids is 1. The number of hydrogen-bond acceptors (Lipinski definition) is 5. The lowest BCUT2D eigenvalue weighted by atomic mass is 9.88. The van der Waals surface area contributed by atoms with Gasteiger partial charge in [0.05, 0.1) is 9.88 Å². The molecule has 2 aliphatic carbocycles. The standard InChI is InChI=1S/C28H25NO3S2/c30-26(31)18-32-22-14-13-21-16-25-27(24(21)17-22)29-28(34-25)33-15-7-12-23(19-8-3-1-4-9-19)20-10-5-2-6-11-20/h1-6,8-11,13-14,16,23H,7,12,15,17-18H2,(H,30,31). The molecule has 6 heteroatoms. The summed E-state index contributed by atoms with van der Waals surface area (Å²) in [6.07, 6.45) is 8.82. The molecule has 5 rings (SSSR count). The second kappa shape index (κ2) is 10.5. The quantitative estimate of drug-likeness (QED) is 0.318. The Balaban J connectivity index is 1.22. The van der Waals surface area contributed by atoms with E-state index in [0.717, 1.165) is 39.4 Å². The highest BCUT2D eigenvalue weighted by Gasteiger charge is 2.20. The number of fused-ring (bicyclic) bond motifs is 2. The van der Waals surface area contributed by atoms with Gasteiger partial charge in [-0.15, -0.1) is 11.3 Å². The summed E-state index contributed by atoms with van der Waals surface area (Å²) in [5.41, 5.74) is 5.02. The van der Waals surface area contributed by atoms with Gasteiger partial charge in [-0.05, 0) is 47.3 Å². The van der Waals surface area contributed by atoms with Crippen molar-refractivity contribution in [2.45, 2.75) is 29.5 Å². The van der Waals surface area contributed by atoms with Crippen LogP contribution < -0.4 is 9.88 Å². The van der Waals surface area contributed by atoms with Gasteiger partial charge < -0.3 is 9.84 Å². The summed E-state index contributed by atoms with van der Waals surface area (Å²) in [6, 6.07) is 21.5. The Kier molecular flexibility index (Phi) is 6.97. The van der Waals surface area contributed by atoms with Crippen LogP contribution in [0.3, 0.4) is 0 Å². The molecule has 34 heavy (non-hydrogen) atoms. The van der Waals surface area contributed by atoms with E-state index >= 15 is 0 Å². The number of allylic oxidation sites excluding steroid dienone is 4. The number of benzene rings is 2. The van der Waals surface area contributed by atoms with Gasteiger partial charge in [-0.1, -0.05) is 78.5 Å². The van der Waals surface area contributed by atoms with Crippen LogP contribution in [-0.4, -0.2) is 28.4 Å². The molecule has 0 bridgehead atoms. The molecular weight excluding hydrogens is 462 g/mol. The lowest BCUT2D eigenvalue weighted by molar-refractivity contribution is -0.140. The highest BCUT2D eigenvalue weighted by Crippen LogP contribution is 2.32. The van der Waals surface area contributed by atoms with E-state index in [1.807, 2.05) is 23.9 Å². The summed E-state index contributed by atoms with van der Waals surface area (Å²) >= 11 is 3.56. The topological polar surface area (TPSA) is 59.4 Å². The molecule has 1 heterocycles. The van der Waals surface area contributed by atoms with Crippen LogP contribution >= 0.6 is 23.1 Å². The number of hydrogen-bond donors (Lipinski definition) is 1. The van der Waals surface area contributed by atoms with Crippen molar-refractivity contribution in [1.82, 2.24) is 4.98 Å². The Morgan fingerprint density at radius 3 is 2.44 bits per heavy atom. The lowest BCUT2D eigenvalue weighted by Crippen LogP contribution is -2.20. The number of ether oxygens (including phenoxy) is 1. The number of carboxylic acids is 1. The zero-order chi connectivity index (χ0) is 23.3. The first-order chi connectivity index (χ1) is 16.7. The van der Waals surface area contributed by atoms with E-state index in [1.54, 1.807) is 11.3 Å². The zero-order valence-corrected chi connectivity index (χ0v) is 20.3. The number of thioether (sulfide) groups is 1. The smallest absolute Gasteiger partial charge is 0.341 e. The van der Waals surface area contributed by atoms with E-state index in [2.05, 4.69) is 66.7 Å². The molecule has 2 aromatic carbocycles. The van der Waals surface area contributed by atoms with Crippen molar-refractivity contribution in [3.63, 3.8) is 0 Å². The van der Waals surface area contributed by atoms with Gasteiger partial charge in [0.1, 0.15) is 5.76 Å². The minimum atomic E-state index is -0.964. The van der Waals surface area contributed by atoms with Gasteiger partial charge in [-0.2, -0.15) is 0 Å². The molecule has 1 aromatic heterocycles. The van der Waals surface area contributed by atoms with Crippen molar-refractivity contribution in [2.75, 3.05) is 12.4 Å². The molecule has 4 nitrogen and oxygen atoms in total. The number of nitrogens with zero attached hydrogens (tertiary/aromatic N) is 1. The molecule has 0 aliphatic heterocycles. The van der Waals surface area contributed by atoms with Crippen LogP contribution in [0.25, 0.3) is 11.6 Å². The molecule has 2 aliphatic rings. The van der Waals surface area contributed by atoms with Crippen LogP contribution in [0.2, 0.25) is 0 Å². The fourth-order valence-corrected chi connectivity index (χ4v) is 6.57. The van der Waals surface area contributed by atoms with Crippen LogP contribution in [0.5, 0.6) is 0 Å². The number of carboxylic acid groups (broad SMARTS) is 1. The number of rotatable bonds is 10. The minimum absolute atomic E-state index is 0.315. The van der Waals surface area contributed by atoms with Crippen molar-refractivity contribution < 1.29 is 14.6 Å². The van der Waals surface area contributed by atoms with E-state index in [0.29, 0.717) is 18.1 Å². The Morgan fingerprint density at radius 1 is 1.06 bits per heavy atom. The normalized spacial score (nSPS) is 14.2. The third kappa shape index (κ3) is 5.18. The molecule has 172 valence electrons. The maximum absolute atomic E-state index is 10.8. The molecule has 3 aromatic rings. The summed E-state index contributed by atoms with van der Waals surface area (Å²) in [5.74, 6) is 1.14. The van der Waals surface area contributed by atoms with Gasteiger partial charge in [-0.3, -0.25) is 0 Å². The van der Waals surface area contributed by atoms with Crippen LogP contribution in [0, 0.1) is 0 Å². The van der Waals surface area contributed by atoms with E-state index in [1.165, 1.54) is 15.7 Å². The third-order valence-electron chi connectivity index (χ3n) is 6.00. The molecule has 0 amide bonds. The SMILES string of the molecule is O=C(O)COC1=CC=C2C=c3sc(SCCCC(c4ccccc4)c4ccccc4)nc3=C2C1. The summed E-state index contributed by atoms with van der Waals surface area (Å²) in [4.78, 5) is 15.7. The van der Waals surface area contributed by atoms with Crippen molar-refractivity contribution in [1.29, 1.82) is 0 Å². The summed E-state index contributed by atoms with van der Waals surface area (Å²) in [5, 5.41) is 9.89. The predicted molar refractivity (Wildman–Crippen MR) is 138 cm³/mol. The zero-order valence-electron chi connectivity index (χ0n) is 18.6. The fraction of sp³-hybridized carbons (Fsp3) is 0.214. The van der Waals surface area contributed by atoms with E-state index < -0.39 is 5.97 Å². The van der Waals surface area contributed by atoms with Gasteiger partial charge in [0.25, 0.3) is 0 Å². The van der Waals surface area contributed by atoms with Gasteiger partial charge in [0.2, 0.25) is 0 Å². The van der Waals surface area contributed by atoms with E-state index in [9.17, 15) is 4.79 Å². The predicted octanol–water partition coefficient (Wildman–Crippen LogP) is 5.11. The third-order valence-corrected chi connectivity index (χ3v) is 8.23. The van der Waals surface area contributed by atoms with Gasteiger partial charge >= 0.3 is 5.97 Å². The van der Waals surface area contributed by atoms with Gasteiger partial charge in [-0.25, -0.2) is 9.78 Å². The van der Waals surface area contributed by atoms with Crippen molar-refractivity contribution in [2.24, 2.45) is 0 Å².